The molecule has 0 atom stereocenters. The zero-order valence-electron chi connectivity index (χ0n) is 11.9. The van der Waals surface area contributed by atoms with Gasteiger partial charge < -0.3 is 16.8 Å². The van der Waals surface area contributed by atoms with Gasteiger partial charge in [-0.05, 0) is 23.9 Å². The minimum Gasteiger partial charge on any atom is -0.383 e. The van der Waals surface area contributed by atoms with E-state index >= 15 is 0 Å². The number of halogens is 1. The maximum atomic E-state index is 14.0. The maximum Gasteiger partial charge on any atom is 0.196 e. The third kappa shape index (κ3) is 4.30. The Morgan fingerprint density at radius 3 is 2.52 bits per heavy atom. The Balaban J connectivity index is 2.28. The summed E-state index contributed by atoms with van der Waals surface area (Å²) in [7, 11) is 0. The molecule has 1 heterocycles. The van der Waals surface area contributed by atoms with Crippen LogP contribution in [0, 0.1) is 5.82 Å². The average molecular weight is 307 g/mol. The zero-order valence-corrected chi connectivity index (χ0v) is 12.7. The first kappa shape index (κ1) is 15.5. The van der Waals surface area contributed by atoms with Gasteiger partial charge in [0, 0.05) is 29.1 Å². The average Bonchev–Trinajstić information content (AvgIpc) is 2.36. The van der Waals surface area contributed by atoms with Crippen LogP contribution in [0.25, 0.3) is 0 Å². The molecule has 7 heteroatoms. The second kappa shape index (κ2) is 6.73. The zero-order chi connectivity index (χ0) is 15.4. The SMILES string of the molecule is CC(C)NCc1c(F)cccc1Sc1nc(N)cc(N)n1. The van der Waals surface area contributed by atoms with Gasteiger partial charge >= 0.3 is 0 Å². The van der Waals surface area contributed by atoms with E-state index in [4.69, 9.17) is 11.5 Å². The Kier molecular flexibility index (Phi) is 4.98. The lowest BCUT2D eigenvalue weighted by molar-refractivity contribution is 0.546. The molecule has 112 valence electrons. The van der Waals surface area contributed by atoms with Gasteiger partial charge in [-0.2, -0.15) is 0 Å². The van der Waals surface area contributed by atoms with Crippen molar-refractivity contribution in [3.8, 4) is 0 Å². The van der Waals surface area contributed by atoms with Crippen molar-refractivity contribution in [2.45, 2.75) is 36.5 Å². The molecule has 0 aliphatic carbocycles. The van der Waals surface area contributed by atoms with Gasteiger partial charge in [-0.1, -0.05) is 19.9 Å². The van der Waals surface area contributed by atoms with Gasteiger partial charge in [0.1, 0.15) is 17.5 Å². The molecule has 0 aliphatic heterocycles. The molecule has 0 bridgehead atoms. The van der Waals surface area contributed by atoms with Gasteiger partial charge in [0.05, 0.1) is 0 Å². The Bertz CT molecular complexity index is 613. The fourth-order valence-electron chi connectivity index (χ4n) is 1.72. The number of nitrogen functional groups attached to an aromatic ring is 2. The van der Waals surface area contributed by atoms with Crippen LogP contribution in [0.15, 0.2) is 34.3 Å². The normalized spacial score (nSPS) is 11.0. The van der Waals surface area contributed by atoms with E-state index in [1.165, 1.54) is 23.9 Å². The monoisotopic (exact) mass is 307 g/mol. The number of rotatable bonds is 5. The first-order chi connectivity index (χ1) is 9.95. The van der Waals surface area contributed by atoms with Crippen LogP contribution in [0.3, 0.4) is 0 Å². The van der Waals surface area contributed by atoms with Crippen LogP contribution in [0.1, 0.15) is 19.4 Å². The van der Waals surface area contributed by atoms with E-state index in [0.717, 1.165) is 4.90 Å². The van der Waals surface area contributed by atoms with E-state index in [1.54, 1.807) is 6.07 Å². The summed E-state index contributed by atoms with van der Waals surface area (Å²) in [6.45, 7) is 4.45. The molecule has 1 aromatic carbocycles. The lowest BCUT2D eigenvalue weighted by Crippen LogP contribution is -2.22. The quantitative estimate of drug-likeness (QED) is 0.735. The summed E-state index contributed by atoms with van der Waals surface area (Å²) in [6.07, 6.45) is 0. The summed E-state index contributed by atoms with van der Waals surface area (Å²) < 4.78 is 14.0. The van der Waals surface area contributed by atoms with Crippen LogP contribution in [-0.2, 0) is 6.54 Å². The van der Waals surface area contributed by atoms with Crippen molar-refractivity contribution in [3.05, 3.63) is 35.6 Å². The summed E-state index contributed by atoms with van der Waals surface area (Å²) >= 11 is 1.25. The number of hydrogen-bond donors (Lipinski definition) is 3. The van der Waals surface area contributed by atoms with E-state index in [0.29, 0.717) is 28.9 Å². The molecule has 1 aromatic heterocycles. The van der Waals surface area contributed by atoms with Crippen LogP contribution >= 0.6 is 11.8 Å². The standard InChI is InChI=1S/C14H18FN5S/c1-8(2)18-7-9-10(15)4-3-5-11(9)21-14-19-12(16)6-13(17)20-14/h3-6,8,18H,7H2,1-2H3,(H4,16,17,19,20). The lowest BCUT2D eigenvalue weighted by atomic mass is 10.2. The Labute approximate surface area is 127 Å². The highest BCUT2D eigenvalue weighted by atomic mass is 32.2. The second-order valence-electron chi connectivity index (χ2n) is 4.85. The van der Waals surface area contributed by atoms with Crippen molar-refractivity contribution in [1.82, 2.24) is 15.3 Å². The van der Waals surface area contributed by atoms with Gasteiger partial charge in [-0.3, -0.25) is 0 Å². The smallest absolute Gasteiger partial charge is 0.196 e. The summed E-state index contributed by atoms with van der Waals surface area (Å²) in [5.74, 6) is 0.330. The Hall–Kier alpha value is -1.86. The number of anilines is 2. The molecule has 0 aliphatic rings. The van der Waals surface area contributed by atoms with Gasteiger partial charge in [0.15, 0.2) is 5.16 Å². The number of benzene rings is 1. The molecular weight excluding hydrogens is 289 g/mol. The topological polar surface area (TPSA) is 89.8 Å². The highest BCUT2D eigenvalue weighted by Gasteiger charge is 2.12. The molecule has 0 radical (unpaired) electrons. The molecule has 5 N–H and O–H groups in total. The van der Waals surface area contributed by atoms with E-state index in [-0.39, 0.29) is 11.9 Å². The van der Waals surface area contributed by atoms with Crippen LogP contribution in [0.4, 0.5) is 16.0 Å². The van der Waals surface area contributed by atoms with Crippen LogP contribution in [-0.4, -0.2) is 16.0 Å². The highest BCUT2D eigenvalue weighted by Crippen LogP contribution is 2.30. The number of hydrogen-bond acceptors (Lipinski definition) is 6. The number of nitrogens with zero attached hydrogens (tertiary/aromatic N) is 2. The molecule has 0 saturated heterocycles. The molecular formula is C14H18FN5S. The van der Waals surface area contributed by atoms with Crippen molar-refractivity contribution in [2.24, 2.45) is 0 Å². The predicted molar refractivity (Wildman–Crippen MR) is 83.4 cm³/mol. The fourth-order valence-corrected chi connectivity index (χ4v) is 2.66. The molecule has 5 nitrogen and oxygen atoms in total. The van der Waals surface area contributed by atoms with E-state index < -0.39 is 0 Å². The summed E-state index contributed by atoms with van der Waals surface area (Å²) in [5.41, 5.74) is 11.9. The number of aromatic nitrogens is 2. The molecule has 2 rings (SSSR count). The molecule has 0 saturated carbocycles. The summed E-state index contributed by atoms with van der Waals surface area (Å²) in [5, 5.41) is 3.61. The number of nitrogens with two attached hydrogens (primary N) is 2. The van der Waals surface area contributed by atoms with Crippen LogP contribution in [0.5, 0.6) is 0 Å². The highest BCUT2D eigenvalue weighted by molar-refractivity contribution is 7.99. The second-order valence-corrected chi connectivity index (χ2v) is 5.86. The number of nitrogens with one attached hydrogen (secondary N) is 1. The minimum absolute atomic E-state index is 0.259. The third-order valence-electron chi connectivity index (χ3n) is 2.71. The van der Waals surface area contributed by atoms with E-state index in [1.807, 2.05) is 19.9 Å². The first-order valence-corrected chi connectivity index (χ1v) is 7.36. The van der Waals surface area contributed by atoms with Crippen molar-refractivity contribution in [1.29, 1.82) is 0 Å². The Morgan fingerprint density at radius 2 is 1.90 bits per heavy atom. The van der Waals surface area contributed by atoms with Crippen LogP contribution < -0.4 is 16.8 Å². The van der Waals surface area contributed by atoms with Crippen LogP contribution in [0.2, 0.25) is 0 Å². The van der Waals surface area contributed by atoms with Crippen molar-refractivity contribution in [3.63, 3.8) is 0 Å². The van der Waals surface area contributed by atoms with Gasteiger partial charge in [-0.15, -0.1) is 0 Å². The maximum absolute atomic E-state index is 14.0. The third-order valence-corrected chi connectivity index (χ3v) is 3.68. The predicted octanol–water partition coefficient (Wildman–Crippen LogP) is 2.43. The first-order valence-electron chi connectivity index (χ1n) is 6.54. The van der Waals surface area contributed by atoms with Crippen molar-refractivity contribution >= 4 is 23.4 Å². The van der Waals surface area contributed by atoms with Gasteiger partial charge in [-0.25, -0.2) is 14.4 Å². The molecule has 0 amide bonds. The van der Waals surface area contributed by atoms with Gasteiger partial charge in [0.2, 0.25) is 0 Å². The van der Waals surface area contributed by atoms with E-state index in [2.05, 4.69) is 15.3 Å². The van der Waals surface area contributed by atoms with E-state index in [9.17, 15) is 4.39 Å². The molecule has 21 heavy (non-hydrogen) atoms. The molecule has 0 fully saturated rings. The molecule has 2 aromatic rings. The Morgan fingerprint density at radius 1 is 1.24 bits per heavy atom. The van der Waals surface area contributed by atoms with Gasteiger partial charge in [0.25, 0.3) is 0 Å². The van der Waals surface area contributed by atoms with Crippen molar-refractivity contribution in [2.75, 3.05) is 11.5 Å². The molecule has 0 spiro atoms. The summed E-state index contributed by atoms with van der Waals surface area (Å²) in [4.78, 5) is 8.95. The fraction of sp³-hybridized carbons (Fsp3) is 0.286. The largest absolute Gasteiger partial charge is 0.383 e. The van der Waals surface area contributed by atoms with Crippen molar-refractivity contribution < 1.29 is 4.39 Å². The summed E-state index contributed by atoms with van der Waals surface area (Å²) in [6, 6.07) is 6.68. The molecule has 0 unspecified atom stereocenters. The lowest BCUT2D eigenvalue weighted by Gasteiger charge is -2.13. The minimum atomic E-state index is -0.259.